The van der Waals surface area contributed by atoms with Gasteiger partial charge in [0.15, 0.2) is 5.82 Å². The molecule has 1 aromatic heterocycles. The van der Waals surface area contributed by atoms with Crippen LogP contribution in [0.25, 0.3) is 11.3 Å². The monoisotopic (exact) mass is 381 g/mol. The van der Waals surface area contributed by atoms with Gasteiger partial charge in [0.25, 0.3) is 5.88 Å². The molecular formula is C19H25Cl2N3O. The summed E-state index contributed by atoms with van der Waals surface area (Å²) < 4.78 is 5.75. The standard InChI is InChI=1S/C19H25Cl2N3O/c1-5-13(6-2)22-18-19(25-8-4)24-17(16(7-3)23-18)14-10-9-12(20)11-15(14)21/h9-11,13H,5-8H2,1-4H3,(H,22,23). The molecule has 25 heavy (non-hydrogen) atoms. The molecule has 0 saturated carbocycles. The Labute approximate surface area is 159 Å². The molecule has 2 rings (SSSR count). The molecule has 0 unspecified atom stereocenters. The fourth-order valence-corrected chi connectivity index (χ4v) is 3.11. The van der Waals surface area contributed by atoms with Crippen molar-refractivity contribution in [1.29, 1.82) is 0 Å². The van der Waals surface area contributed by atoms with Gasteiger partial charge in [-0.1, -0.05) is 44.0 Å². The fraction of sp³-hybridized carbons (Fsp3) is 0.474. The van der Waals surface area contributed by atoms with Crippen molar-refractivity contribution in [2.24, 2.45) is 0 Å². The topological polar surface area (TPSA) is 47.0 Å². The predicted octanol–water partition coefficient (Wildman–Crippen LogP) is 6.01. The van der Waals surface area contributed by atoms with E-state index in [2.05, 4.69) is 26.1 Å². The summed E-state index contributed by atoms with van der Waals surface area (Å²) in [7, 11) is 0. The third-order valence-corrected chi connectivity index (χ3v) is 4.61. The quantitative estimate of drug-likeness (QED) is 0.607. The number of anilines is 1. The largest absolute Gasteiger partial charge is 0.475 e. The van der Waals surface area contributed by atoms with Gasteiger partial charge in [-0.2, -0.15) is 0 Å². The van der Waals surface area contributed by atoms with E-state index >= 15 is 0 Å². The Morgan fingerprint density at radius 2 is 1.80 bits per heavy atom. The minimum atomic E-state index is 0.336. The van der Waals surface area contributed by atoms with Crippen molar-refractivity contribution in [2.45, 2.75) is 53.0 Å². The van der Waals surface area contributed by atoms with Crippen molar-refractivity contribution in [1.82, 2.24) is 9.97 Å². The van der Waals surface area contributed by atoms with Gasteiger partial charge in [-0.3, -0.25) is 0 Å². The molecule has 0 spiro atoms. The molecule has 136 valence electrons. The van der Waals surface area contributed by atoms with Crippen LogP contribution in [0, 0.1) is 0 Å². The number of aromatic nitrogens is 2. The number of nitrogens with one attached hydrogen (secondary N) is 1. The minimum Gasteiger partial charge on any atom is -0.475 e. The molecule has 0 atom stereocenters. The molecule has 0 radical (unpaired) electrons. The lowest BCUT2D eigenvalue weighted by Crippen LogP contribution is -2.20. The van der Waals surface area contributed by atoms with Crippen LogP contribution in [-0.4, -0.2) is 22.6 Å². The van der Waals surface area contributed by atoms with E-state index in [1.54, 1.807) is 12.1 Å². The first-order valence-electron chi connectivity index (χ1n) is 8.79. The van der Waals surface area contributed by atoms with Crippen LogP contribution >= 0.6 is 23.2 Å². The Morgan fingerprint density at radius 1 is 1.08 bits per heavy atom. The van der Waals surface area contributed by atoms with E-state index in [1.165, 1.54) is 0 Å². The average Bonchev–Trinajstić information content (AvgIpc) is 2.60. The highest BCUT2D eigenvalue weighted by Crippen LogP contribution is 2.34. The summed E-state index contributed by atoms with van der Waals surface area (Å²) in [4.78, 5) is 9.54. The summed E-state index contributed by atoms with van der Waals surface area (Å²) in [6, 6.07) is 5.73. The van der Waals surface area contributed by atoms with Gasteiger partial charge in [0, 0.05) is 16.6 Å². The van der Waals surface area contributed by atoms with Crippen LogP contribution in [-0.2, 0) is 6.42 Å². The van der Waals surface area contributed by atoms with E-state index in [0.29, 0.717) is 34.4 Å². The molecule has 0 amide bonds. The predicted molar refractivity (Wildman–Crippen MR) is 106 cm³/mol. The van der Waals surface area contributed by atoms with E-state index in [9.17, 15) is 0 Å². The third kappa shape index (κ3) is 4.77. The fourth-order valence-electron chi connectivity index (χ4n) is 2.62. The zero-order chi connectivity index (χ0) is 18.4. The maximum atomic E-state index is 6.38. The zero-order valence-corrected chi connectivity index (χ0v) is 16.7. The average molecular weight is 382 g/mol. The Bertz CT molecular complexity index is 718. The van der Waals surface area contributed by atoms with Crippen LogP contribution in [0.1, 0.15) is 46.2 Å². The van der Waals surface area contributed by atoms with Crippen molar-refractivity contribution < 1.29 is 4.74 Å². The second kappa shape index (κ2) is 9.25. The number of rotatable bonds is 8. The van der Waals surface area contributed by atoms with Crippen molar-refractivity contribution in [2.75, 3.05) is 11.9 Å². The Kier molecular flexibility index (Phi) is 7.33. The Morgan fingerprint density at radius 3 is 2.36 bits per heavy atom. The van der Waals surface area contributed by atoms with Crippen molar-refractivity contribution in [3.8, 4) is 17.1 Å². The van der Waals surface area contributed by atoms with Crippen LogP contribution in [0.5, 0.6) is 5.88 Å². The van der Waals surface area contributed by atoms with Gasteiger partial charge >= 0.3 is 0 Å². The normalized spacial score (nSPS) is 11.0. The highest BCUT2D eigenvalue weighted by molar-refractivity contribution is 6.36. The first-order chi connectivity index (χ1) is 12.0. The van der Waals surface area contributed by atoms with Crippen LogP contribution in [0.3, 0.4) is 0 Å². The smallest absolute Gasteiger partial charge is 0.258 e. The molecule has 0 aliphatic carbocycles. The highest BCUT2D eigenvalue weighted by atomic mass is 35.5. The zero-order valence-electron chi connectivity index (χ0n) is 15.2. The Balaban J connectivity index is 2.55. The summed E-state index contributed by atoms with van der Waals surface area (Å²) in [6.45, 7) is 8.81. The second-order valence-electron chi connectivity index (χ2n) is 5.74. The molecule has 2 aromatic rings. The number of hydrogen-bond acceptors (Lipinski definition) is 4. The van der Waals surface area contributed by atoms with Gasteiger partial charge in [-0.25, -0.2) is 9.97 Å². The van der Waals surface area contributed by atoms with Gasteiger partial charge in [0.1, 0.15) is 0 Å². The number of halogens is 2. The maximum Gasteiger partial charge on any atom is 0.258 e. The van der Waals surface area contributed by atoms with E-state index in [-0.39, 0.29) is 0 Å². The first kappa shape index (κ1) is 19.8. The van der Waals surface area contributed by atoms with E-state index in [1.807, 2.05) is 13.0 Å². The van der Waals surface area contributed by atoms with E-state index in [4.69, 9.17) is 37.9 Å². The highest BCUT2D eigenvalue weighted by Gasteiger charge is 2.18. The summed E-state index contributed by atoms with van der Waals surface area (Å²) in [5.74, 6) is 1.20. The van der Waals surface area contributed by atoms with Crippen LogP contribution in [0.15, 0.2) is 18.2 Å². The van der Waals surface area contributed by atoms with Crippen molar-refractivity contribution >= 4 is 29.0 Å². The van der Waals surface area contributed by atoms with Crippen LogP contribution in [0.4, 0.5) is 5.82 Å². The molecule has 0 saturated heterocycles. The Hall–Kier alpha value is -1.52. The van der Waals surface area contributed by atoms with Gasteiger partial charge in [-0.05, 0) is 44.4 Å². The second-order valence-corrected chi connectivity index (χ2v) is 6.58. The van der Waals surface area contributed by atoms with E-state index in [0.717, 1.165) is 36.2 Å². The third-order valence-electron chi connectivity index (χ3n) is 4.06. The molecule has 1 heterocycles. The molecule has 0 aliphatic heterocycles. The van der Waals surface area contributed by atoms with Gasteiger partial charge in [0.05, 0.1) is 23.0 Å². The molecule has 1 aromatic carbocycles. The van der Waals surface area contributed by atoms with Crippen LogP contribution < -0.4 is 10.1 Å². The van der Waals surface area contributed by atoms with Gasteiger partial charge in [-0.15, -0.1) is 0 Å². The number of hydrogen-bond donors (Lipinski definition) is 1. The molecule has 0 aliphatic rings. The number of nitrogens with zero attached hydrogens (tertiary/aromatic N) is 2. The molecule has 6 heteroatoms. The molecule has 1 N–H and O–H groups in total. The SMILES string of the molecule is CCOc1nc(-c2ccc(Cl)cc2Cl)c(CC)nc1NC(CC)CC. The molecule has 0 bridgehead atoms. The molecule has 4 nitrogen and oxygen atoms in total. The number of ether oxygens (including phenoxy) is 1. The molecule has 0 fully saturated rings. The number of benzene rings is 1. The maximum absolute atomic E-state index is 6.38. The lowest BCUT2D eigenvalue weighted by atomic mass is 10.1. The summed E-state index contributed by atoms with van der Waals surface area (Å²) in [5.41, 5.74) is 2.43. The van der Waals surface area contributed by atoms with Crippen LogP contribution in [0.2, 0.25) is 10.0 Å². The minimum absolute atomic E-state index is 0.336. The van der Waals surface area contributed by atoms with Crippen molar-refractivity contribution in [3.63, 3.8) is 0 Å². The van der Waals surface area contributed by atoms with Crippen molar-refractivity contribution in [3.05, 3.63) is 33.9 Å². The first-order valence-corrected chi connectivity index (χ1v) is 9.55. The molecular weight excluding hydrogens is 357 g/mol. The lowest BCUT2D eigenvalue weighted by Gasteiger charge is -2.20. The van der Waals surface area contributed by atoms with E-state index < -0.39 is 0 Å². The lowest BCUT2D eigenvalue weighted by molar-refractivity contribution is 0.327. The summed E-state index contributed by atoms with van der Waals surface area (Å²) in [6.07, 6.45) is 2.76. The van der Waals surface area contributed by atoms with Gasteiger partial charge in [0.2, 0.25) is 0 Å². The number of aryl methyl sites for hydroxylation is 1. The van der Waals surface area contributed by atoms with Gasteiger partial charge < -0.3 is 10.1 Å². The summed E-state index contributed by atoms with van der Waals surface area (Å²) in [5, 5.41) is 4.61. The summed E-state index contributed by atoms with van der Waals surface area (Å²) >= 11 is 12.4.